The molecule has 0 unspecified atom stereocenters. The van der Waals surface area contributed by atoms with Gasteiger partial charge in [-0.05, 0) is 25.1 Å². The minimum absolute atomic E-state index is 0.289. The van der Waals surface area contributed by atoms with Gasteiger partial charge < -0.3 is 9.73 Å². The monoisotopic (exact) mass is 230 g/mol. The number of amides is 1. The summed E-state index contributed by atoms with van der Waals surface area (Å²) in [5.74, 6) is 0.649. The van der Waals surface area contributed by atoms with Crippen molar-refractivity contribution in [3.05, 3.63) is 47.5 Å². The normalized spacial score (nSPS) is 9.94. The summed E-state index contributed by atoms with van der Waals surface area (Å²) in [6, 6.07) is 4.74. The molecule has 0 saturated carbocycles. The number of nitrogens with one attached hydrogen (secondary N) is 1. The average molecular weight is 230 g/mol. The molecule has 0 fully saturated rings. The quantitative estimate of drug-likeness (QED) is 0.819. The summed E-state index contributed by atoms with van der Waals surface area (Å²) in [7, 11) is 0. The zero-order valence-corrected chi connectivity index (χ0v) is 9.14. The number of nitrogens with zero attached hydrogens (tertiary/aromatic N) is 1. The lowest BCUT2D eigenvalue weighted by atomic mass is 10.2. The van der Waals surface area contributed by atoms with E-state index in [1.807, 2.05) is 0 Å². The van der Waals surface area contributed by atoms with Gasteiger partial charge in [-0.15, -0.1) is 0 Å². The van der Waals surface area contributed by atoms with Crippen molar-refractivity contribution in [2.75, 3.05) is 5.32 Å². The van der Waals surface area contributed by atoms with Gasteiger partial charge in [-0.3, -0.25) is 9.59 Å². The van der Waals surface area contributed by atoms with E-state index in [0.29, 0.717) is 29.0 Å². The molecule has 5 nitrogen and oxygen atoms in total. The molecule has 0 saturated heterocycles. The fourth-order valence-corrected chi connectivity index (χ4v) is 1.35. The molecular weight excluding hydrogens is 220 g/mol. The molecule has 17 heavy (non-hydrogen) atoms. The maximum absolute atomic E-state index is 11.8. The van der Waals surface area contributed by atoms with Crippen molar-refractivity contribution in [1.82, 2.24) is 4.98 Å². The lowest BCUT2D eigenvalue weighted by molar-refractivity contribution is 0.102. The van der Waals surface area contributed by atoms with E-state index in [0.717, 1.165) is 0 Å². The number of hydrogen-bond donors (Lipinski definition) is 1. The SMILES string of the molecule is Cc1occc1C(=O)Nc1ccc(C=O)cn1. The highest BCUT2D eigenvalue weighted by atomic mass is 16.3. The number of aromatic nitrogens is 1. The first-order chi connectivity index (χ1) is 8.20. The summed E-state index contributed by atoms with van der Waals surface area (Å²) in [5, 5.41) is 2.61. The lowest BCUT2D eigenvalue weighted by Gasteiger charge is -2.02. The highest BCUT2D eigenvalue weighted by molar-refractivity contribution is 6.04. The predicted molar refractivity (Wildman–Crippen MR) is 61.0 cm³/mol. The van der Waals surface area contributed by atoms with E-state index < -0.39 is 0 Å². The molecule has 5 heteroatoms. The molecule has 86 valence electrons. The Labute approximate surface area is 97.5 Å². The third kappa shape index (κ3) is 2.39. The minimum atomic E-state index is -0.289. The Kier molecular flexibility index (Phi) is 3.00. The van der Waals surface area contributed by atoms with Crippen LogP contribution in [0.15, 0.2) is 35.1 Å². The Morgan fingerprint density at radius 2 is 2.24 bits per heavy atom. The summed E-state index contributed by atoms with van der Waals surface area (Å²) >= 11 is 0. The van der Waals surface area contributed by atoms with E-state index in [9.17, 15) is 9.59 Å². The van der Waals surface area contributed by atoms with Crippen LogP contribution >= 0.6 is 0 Å². The molecule has 0 aromatic carbocycles. The van der Waals surface area contributed by atoms with Crippen LogP contribution in [0.25, 0.3) is 0 Å². The first-order valence-corrected chi connectivity index (χ1v) is 4.97. The summed E-state index contributed by atoms with van der Waals surface area (Å²) in [6.45, 7) is 1.71. The van der Waals surface area contributed by atoms with Crippen LogP contribution in [0, 0.1) is 6.92 Å². The Bertz CT molecular complexity index is 543. The van der Waals surface area contributed by atoms with Gasteiger partial charge in [0, 0.05) is 11.8 Å². The molecule has 0 radical (unpaired) electrons. The first kappa shape index (κ1) is 11.1. The first-order valence-electron chi connectivity index (χ1n) is 4.97. The Balaban J connectivity index is 2.13. The van der Waals surface area contributed by atoms with Gasteiger partial charge >= 0.3 is 0 Å². The van der Waals surface area contributed by atoms with Crippen LogP contribution in [-0.4, -0.2) is 17.2 Å². The van der Waals surface area contributed by atoms with Crippen LogP contribution in [0.1, 0.15) is 26.5 Å². The topological polar surface area (TPSA) is 72.2 Å². The predicted octanol–water partition coefficient (Wildman–Crippen LogP) is 2.05. The van der Waals surface area contributed by atoms with Crippen LogP contribution in [-0.2, 0) is 0 Å². The number of pyridine rings is 1. The van der Waals surface area contributed by atoms with Crippen molar-refractivity contribution >= 4 is 18.0 Å². The molecule has 0 aliphatic rings. The van der Waals surface area contributed by atoms with E-state index >= 15 is 0 Å². The van der Waals surface area contributed by atoms with Gasteiger partial charge in [-0.1, -0.05) is 0 Å². The van der Waals surface area contributed by atoms with Gasteiger partial charge in [0.25, 0.3) is 5.91 Å². The Hall–Kier alpha value is -2.43. The van der Waals surface area contributed by atoms with Crippen molar-refractivity contribution in [2.24, 2.45) is 0 Å². The summed E-state index contributed by atoms with van der Waals surface area (Å²) < 4.78 is 5.03. The van der Waals surface area contributed by atoms with Crippen LogP contribution in [0.2, 0.25) is 0 Å². The lowest BCUT2D eigenvalue weighted by Crippen LogP contribution is -2.13. The third-order valence-electron chi connectivity index (χ3n) is 2.27. The molecule has 0 aliphatic carbocycles. The number of carbonyl (C=O) groups excluding carboxylic acids is 2. The molecular formula is C12H10N2O3. The highest BCUT2D eigenvalue weighted by Crippen LogP contribution is 2.11. The number of aldehydes is 1. The van der Waals surface area contributed by atoms with Gasteiger partial charge in [0.15, 0.2) is 6.29 Å². The highest BCUT2D eigenvalue weighted by Gasteiger charge is 2.11. The number of aryl methyl sites for hydroxylation is 1. The molecule has 2 heterocycles. The second kappa shape index (κ2) is 4.61. The zero-order valence-electron chi connectivity index (χ0n) is 9.14. The van der Waals surface area contributed by atoms with Gasteiger partial charge in [-0.25, -0.2) is 4.98 Å². The second-order valence-electron chi connectivity index (χ2n) is 3.44. The molecule has 0 atom stereocenters. The molecule has 0 bridgehead atoms. The number of furan rings is 1. The average Bonchev–Trinajstić information content (AvgIpc) is 2.76. The van der Waals surface area contributed by atoms with E-state index in [-0.39, 0.29) is 5.91 Å². The van der Waals surface area contributed by atoms with Crippen LogP contribution in [0.4, 0.5) is 5.82 Å². The molecule has 0 spiro atoms. The standard InChI is InChI=1S/C12H10N2O3/c1-8-10(4-5-17-8)12(16)14-11-3-2-9(7-15)6-13-11/h2-7H,1H3,(H,13,14,16). The number of carbonyl (C=O) groups is 2. The number of anilines is 1. The van der Waals surface area contributed by atoms with E-state index in [1.54, 1.807) is 25.1 Å². The van der Waals surface area contributed by atoms with E-state index in [2.05, 4.69) is 10.3 Å². The number of hydrogen-bond acceptors (Lipinski definition) is 4. The minimum Gasteiger partial charge on any atom is -0.469 e. The Morgan fingerprint density at radius 1 is 1.41 bits per heavy atom. The van der Waals surface area contributed by atoms with Gasteiger partial charge in [-0.2, -0.15) is 0 Å². The molecule has 2 aromatic heterocycles. The largest absolute Gasteiger partial charge is 0.469 e. The van der Waals surface area contributed by atoms with Gasteiger partial charge in [0.05, 0.1) is 11.8 Å². The Morgan fingerprint density at radius 3 is 2.76 bits per heavy atom. The molecule has 2 rings (SSSR count). The molecule has 2 aromatic rings. The fraction of sp³-hybridized carbons (Fsp3) is 0.0833. The van der Waals surface area contributed by atoms with E-state index in [4.69, 9.17) is 4.42 Å². The van der Waals surface area contributed by atoms with Crippen molar-refractivity contribution < 1.29 is 14.0 Å². The molecule has 0 aliphatic heterocycles. The maximum atomic E-state index is 11.8. The third-order valence-corrected chi connectivity index (χ3v) is 2.27. The van der Waals surface area contributed by atoms with Crippen molar-refractivity contribution in [3.63, 3.8) is 0 Å². The summed E-state index contributed by atoms with van der Waals surface area (Å²) in [6.07, 6.45) is 3.54. The number of rotatable bonds is 3. The molecule has 1 amide bonds. The van der Waals surface area contributed by atoms with E-state index in [1.165, 1.54) is 12.5 Å². The second-order valence-corrected chi connectivity index (χ2v) is 3.44. The van der Waals surface area contributed by atoms with Gasteiger partial charge in [0.1, 0.15) is 11.6 Å². The van der Waals surface area contributed by atoms with Crippen LogP contribution in [0.3, 0.4) is 0 Å². The van der Waals surface area contributed by atoms with Crippen LogP contribution in [0.5, 0.6) is 0 Å². The maximum Gasteiger partial charge on any atom is 0.260 e. The van der Waals surface area contributed by atoms with Gasteiger partial charge in [0.2, 0.25) is 0 Å². The van der Waals surface area contributed by atoms with Crippen molar-refractivity contribution in [3.8, 4) is 0 Å². The fourth-order valence-electron chi connectivity index (χ4n) is 1.35. The summed E-state index contributed by atoms with van der Waals surface area (Å²) in [5.41, 5.74) is 0.925. The van der Waals surface area contributed by atoms with Crippen molar-refractivity contribution in [1.29, 1.82) is 0 Å². The zero-order chi connectivity index (χ0) is 12.3. The van der Waals surface area contributed by atoms with Crippen molar-refractivity contribution in [2.45, 2.75) is 6.92 Å². The molecule has 1 N–H and O–H groups in total. The smallest absolute Gasteiger partial charge is 0.260 e. The summed E-state index contributed by atoms with van der Waals surface area (Å²) in [4.78, 5) is 26.1. The van der Waals surface area contributed by atoms with Crippen LogP contribution < -0.4 is 5.32 Å².